The topological polar surface area (TPSA) is 33.5 Å². The number of hydrogen-bond donors (Lipinski definition) is 0. The third kappa shape index (κ3) is 7.89. The maximum absolute atomic E-state index is 6.94. The van der Waals surface area contributed by atoms with Gasteiger partial charge in [-0.3, -0.25) is 4.57 Å². The summed E-state index contributed by atoms with van der Waals surface area (Å²) < 4.78 is 11.8. The number of fused-ring (bicyclic) bond motifs is 8. The van der Waals surface area contributed by atoms with Crippen LogP contribution in [0.2, 0.25) is 0 Å². The van der Waals surface area contributed by atoms with Crippen LogP contribution in [-0.2, 0) is 16.2 Å². The van der Waals surface area contributed by atoms with Gasteiger partial charge in [-0.05, 0) is 109 Å². The quantitative estimate of drug-likeness (QED) is 0.159. The lowest BCUT2D eigenvalue weighted by Gasteiger charge is -2.28. The lowest BCUT2D eigenvalue weighted by molar-refractivity contribution is 0.483. The molecule has 0 N–H and O–H groups in total. The minimum Gasteiger partial charge on any atom is -0.457 e. The predicted octanol–water partition coefficient (Wildman–Crippen LogP) is 18.8. The fraction of sp³-hybridized carbons (Fsp3) is 0.197. The van der Waals surface area contributed by atoms with Gasteiger partial charge in [-0.25, -0.2) is 4.98 Å². The summed E-state index contributed by atoms with van der Waals surface area (Å²) in [5.74, 6) is 2.44. The zero-order valence-corrected chi connectivity index (χ0v) is 43.5. The molecule has 1 aliphatic heterocycles. The second kappa shape index (κ2) is 17.0. The number of pyridine rings is 1. The molecule has 72 heavy (non-hydrogen) atoms. The Morgan fingerprint density at radius 3 is 1.78 bits per heavy atom. The Labute approximate surface area is 427 Å². The smallest absolute Gasteiger partial charge is 0.137 e. The largest absolute Gasteiger partial charge is 0.457 e. The van der Waals surface area contributed by atoms with Crippen molar-refractivity contribution < 1.29 is 4.74 Å². The first-order valence-electron chi connectivity index (χ1n) is 25.2. The number of hydrogen-bond acceptors (Lipinski definition) is 5. The highest BCUT2D eigenvalue weighted by atomic mass is 32.1. The van der Waals surface area contributed by atoms with Gasteiger partial charge >= 0.3 is 0 Å². The third-order valence-corrected chi connectivity index (χ3v) is 15.8. The van der Waals surface area contributed by atoms with E-state index in [1.165, 1.54) is 81.1 Å². The number of nitrogens with zero attached hydrogens (tertiary/aromatic N) is 4. The van der Waals surface area contributed by atoms with Crippen molar-refractivity contribution in [3.63, 3.8) is 0 Å². The van der Waals surface area contributed by atoms with Crippen molar-refractivity contribution in [1.82, 2.24) is 9.55 Å². The Kier molecular flexibility index (Phi) is 10.7. The van der Waals surface area contributed by atoms with Crippen LogP contribution in [0.15, 0.2) is 188 Å². The Morgan fingerprint density at radius 1 is 0.500 bits per heavy atom. The molecule has 4 heterocycles. The van der Waals surface area contributed by atoms with Gasteiger partial charge in [0.25, 0.3) is 0 Å². The summed E-state index contributed by atoms with van der Waals surface area (Å²) in [4.78, 5) is 9.99. The molecule has 11 aromatic rings. The molecule has 0 spiro atoms. The zero-order chi connectivity index (χ0) is 49.7. The minimum atomic E-state index is -0.0439. The van der Waals surface area contributed by atoms with Gasteiger partial charge in [0.2, 0.25) is 0 Å². The standard InChI is InChI=1S/C66H60N4OS/c1-64(2,3)45-29-24-43(25-30-45)52-20-15-21-53(44-26-31-46(32-27-44)65(4,5)6)61(52)69-41-68(55-22-12-13-23-56(55)69)48-17-14-18-49(39-48)71-50-33-34-54-57(40-50)70(59-38-47(36-37-67-59)66(7,8)9)62-60-51-19-11-10-16-42(51)28-35-58(60)72-63(54)62/h10-40H,41H2,1-9H3. The molecule has 12 rings (SSSR count). The van der Waals surface area contributed by atoms with E-state index in [1.54, 1.807) is 0 Å². The molecular formula is C66H60N4OS. The Morgan fingerprint density at radius 2 is 1.11 bits per heavy atom. The molecule has 0 aliphatic carbocycles. The monoisotopic (exact) mass is 956 g/mol. The maximum Gasteiger partial charge on any atom is 0.137 e. The molecular weight excluding hydrogens is 897 g/mol. The van der Waals surface area contributed by atoms with E-state index in [1.807, 2.05) is 17.5 Å². The molecule has 356 valence electrons. The average Bonchev–Trinajstić information content (AvgIpc) is 4.05. The molecule has 8 aromatic carbocycles. The summed E-state index contributed by atoms with van der Waals surface area (Å²) in [6, 6.07) is 66.7. The number of para-hydroxylation sites is 3. The normalized spacial score (nSPS) is 13.2. The molecule has 0 atom stereocenters. The molecule has 0 saturated carbocycles. The Hall–Kier alpha value is -7.67. The second-order valence-corrected chi connectivity index (χ2v) is 23.6. The minimum absolute atomic E-state index is 0.0439. The molecule has 1 aliphatic rings. The fourth-order valence-electron chi connectivity index (χ4n) is 10.6. The summed E-state index contributed by atoms with van der Waals surface area (Å²) in [5, 5.41) is 4.92. The molecule has 0 fully saturated rings. The maximum atomic E-state index is 6.94. The molecule has 3 aromatic heterocycles. The average molecular weight is 957 g/mol. The number of benzene rings is 8. The van der Waals surface area contributed by atoms with Crippen molar-refractivity contribution in [3.05, 3.63) is 205 Å². The first-order chi connectivity index (χ1) is 34.6. The highest BCUT2D eigenvalue weighted by molar-refractivity contribution is 7.27. The van der Waals surface area contributed by atoms with Crippen molar-refractivity contribution >= 4 is 76.1 Å². The van der Waals surface area contributed by atoms with Crippen molar-refractivity contribution in [2.24, 2.45) is 0 Å². The number of ether oxygens (including phenoxy) is 1. The van der Waals surface area contributed by atoms with E-state index in [9.17, 15) is 0 Å². The van der Waals surface area contributed by atoms with E-state index in [4.69, 9.17) is 9.72 Å². The van der Waals surface area contributed by atoms with Gasteiger partial charge < -0.3 is 14.5 Å². The van der Waals surface area contributed by atoms with Gasteiger partial charge in [0, 0.05) is 50.6 Å². The van der Waals surface area contributed by atoms with Crippen LogP contribution in [0.4, 0.5) is 22.7 Å². The van der Waals surface area contributed by atoms with Crippen LogP contribution in [0.1, 0.15) is 79.0 Å². The zero-order valence-electron chi connectivity index (χ0n) is 42.7. The summed E-state index contributed by atoms with van der Waals surface area (Å²) in [6.07, 6.45) is 1.96. The Balaban J connectivity index is 0.948. The first-order valence-corrected chi connectivity index (χ1v) is 26.0. The number of aromatic nitrogens is 2. The highest BCUT2D eigenvalue weighted by Gasteiger charge is 2.32. The van der Waals surface area contributed by atoms with Crippen LogP contribution >= 0.6 is 11.3 Å². The Bertz CT molecular complexity index is 3800. The van der Waals surface area contributed by atoms with Crippen molar-refractivity contribution in [1.29, 1.82) is 0 Å². The van der Waals surface area contributed by atoms with Crippen molar-refractivity contribution in [2.45, 2.75) is 78.6 Å². The van der Waals surface area contributed by atoms with E-state index in [0.717, 1.165) is 39.9 Å². The van der Waals surface area contributed by atoms with Crippen LogP contribution < -0.4 is 14.5 Å². The lowest BCUT2D eigenvalue weighted by atomic mass is 9.85. The number of anilines is 4. The molecule has 0 bridgehead atoms. The van der Waals surface area contributed by atoms with E-state index < -0.39 is 0 Å². The van der Waals surface area contributed by atoms with Crippen LogP contribution in [0.5, 0.6) is 11.5 Å². The predicted molar refractivity (Wildman–Crippen MR) is 307 cm³/mol. The summed E-state index contributed by atoms with van der Waals surface area (Å²) in [5.41, 5.74) is 15.5. The van der Waals surface area contributed by atoms with Crippen molar-refractivity contribution in [3.8, 4) is 39.6 Å². The molecule has 0 unspecified atom stereocenters. The molecule has 0 saturated heterocycles. The fourth-order valence-corrected chi connectivity index (χ4v) is 11.9. The second-order valence-electron chi connectivity index (χ2n) is 22.5. The van der Waals surface area contributed by atoms with Crippen LogP contribution in [0.25, 0.3) is 70.0 Å². The lowest BCUT2D eigenvalue weighted by Crippen LogP contribution is -2.25. The van der Waals surface area contributed by atoms with E-state index >= 15 is 0 Å². The van der Waals surface area contributed by atoms with Gasteiger partial charge in [-0.1, -0.05) is 178 Å². The highest BCUT2D eigenvalue weighted by Crippen LogP contribution is 2.51. The van der Waals surface area contributed by atoms with Crippen LogP contribution in [0.3, 0.4) is 0 Å². The van der Waals surface area contributed by atoms with Gasteiger partial charge in [-0.2, -0.15) is 0 Å². The summed E-state index contributed by atoms with van der Waals surface area (Å²) in [7, 11) is 0. The third-order valence-electron chi connectivity index (χ3n) is 14.6. The van der Waals surface area contributed by atoms with Gasteiger partial charge in [0.05, 0.1) is 32.8 Å². The summed E-state index contributed by atoms with van der Waals surface area (Å²) >= 11 is 1.85. The van der Waals surface area contributed by atoms with Gasteiger partial charge in [-0.15, -0.1) is 11.3 Å². The summed E-state index contributed by atoms with van der Waals surface area (Å²) in [6.45, 7) is 21.1. The number of rotatable bonds is 7. The number of thiophene rings is 1. The van der Waals surface area contributed by atoms with E-state index in [0.29, 0.717) is 6.67 Å². The molecule has 0 amide bonds. The van der Waals surface area contributed by atoms with E-state index in [-0.39, 0.29) is 16.2 Å². The van der Waals surface area contributed by atoms with E-state index in [2.05, 4.69) is 259 Å². The SMILES string of the molecule is CC(C)(C)c1ccc(-c2cccc(-c3ccc(C(C)(C)C)cc3)c2N2CN(c3cccc(Oc4ccc5c6sc7ccc8ccccc8c7c6n(-c6cc(C(C)(C)C)ccn6)c5c4)c3)c3ccccc32)cc1. The van der Waals surface area contributed by atoms with Crippen molar-refractivity contribution in [2.75, 3.05) is 16.5 Å². The molecule has 6 heteroatoms. The molecule has 0 radical (unpaired) electrons. The van der Waals surface area contributed by atoms with Crippen LogP contribution in [0, 0.1) is 0 Å². The van der Waals surface area contributed by atoms with Crippen LogP contribution in [-0.4, -0.2) is 16.2 Å². The first kappa shape index (κ1) is 45.5. The van der Waals surface area contributed by atoms with Gasteiger partial charge in [0.1, 0.15) is 24.0 Å². The molecule has 5 nitrogen and oxygen atoms in total. The van der Waals surface area contributed by atoms with Gasteiger partial charge in [0.15, 0.2) is 0 Å².